The molecule has 1 aliphatic heterocycles. The molecule has 20 heavy (non-hydrogen) atoms. The van der Waals surface area contributed by atoms with Gasteiger partial charge in [0.1, 0.15) is 0 Å². The molecule has 1 saturated heterocycles. The Balaban J connectivity index is 2.41. The minimum absolute atomic E-state index is 0.00929. The lowest BCUT2D eigenvalue weighted by Crippen LogP contribution is -2.49. The number of aliphatic carboxylic acids is 1. The Morgan fingerprint density at radius 3 is 2.15 bits per heavy atom. The van der Waals surface area contributed by atoms with Crippen LogP contribution in [0.4, 0.5) is 0 Å². The van der Waals surface area contributed by atoms with E-state index in [0.717, 1.165) is 12.2 Å². The summed E-state index contributed by atoms with van der Waals surface area (Å²) in [7, 11) is 0. The predicted molar refractivity (Wildman–Crippen MR) is 74.0 cm³/mol. The van der Waals surface area contributed by atoms with E-state index in [1.807, 2.05) is 25.7 Å². The zero-order valence-corrected chi connectivity index (χ0v) is 12.2. The van der Waals surface area contributed by atoms with Crippen LogP contribution in [0.1, 0.15) is 33.6 Å². The normalized spacial score (nSPS) is 17.2. The molecular formula is C14H22N2O4. The lowest BCUT2D eigenvalue weighted by atomic mass is 9.93. The van der Waals surface area contributed by atoms with Crippen LogP contribution in [0.25, 0.3) is 0 Å². The first kappa shape index (κ1) is 16.2. The molecule has 0 unspecified atom stereocenters. The quantitative estimate of drug-likeness (QED) is 0.749. The van der Waals surface area contributed by atoms with E-state index in [2.05, 4.69) is 5.32 Å². The lowest BCUT2D eigenvalue weighted by Gasteiger charge is -2.35. The van der Waals surface area contributed by atoms with Gasteiger partial charge >= 0.3 is 5.97 Å². The van der Waals surface area contributed by atoms with Gasteiger partial charge in [-0.05, 0) is 12.8 Å². The van der Waals surface area contributed by atoms with Gasteiger partial charge in [-0.3, -0.25) is 9.59 Å². The molecule has 0 aromatic rings. The molecule has 0 aliphatic carbocycles. The zero-order chi connectivity index (χ0) is 15.3. The molecule has 0 saturated carbocycles. The minimum atomic E-state index is -1.15. The number of hydrogen-bond donors (Lipinski definition) is 2. The SMILES string of the molecule is CC(C)(C)C(=O)N1CCC(NC(=O)/C=C/C(=O)O)CC1. The Kier molecular flexibility index (Phi) is 5.30. The van der Waals surface area contributed by atoms with Gasteiger partial charge in [-0.1, -0.05) is 20.8 Å². The number of piperidine rings is 1. The third-order valence-corrected chi connectivity index (χ3v) is 3.15. The summed E-state index contributed by atoms with van der Waals surface area (Å²) in [6.07, 6.45) is 3.20. The van der Waals surface area contributed by atoms with E-state index in [0.29, 0.717) is 25.9 Å². The van der Waals surface area contributed by atoms with Crippen molar-refractivity contribution in [1.29, 1.82) is 0 Å². The standard InChI is InChI=1S/C14H22N2O4/c1-14(2,3)13(20)16-8-6-10(7-9-16)15-11(17)4-5-12(18)19/h4-5,10H,6-9H2,1-3H3,(H,15,17)(H,18,19)/b5-4+. The number of likely N-dealkylation sites (tertiary alicyclic amines) is 1. The average Bonchev–Trinajstić information content (AvgIpc) is 2.35. The summed E-state index contributed by atoms with van der Waals surface area (Å²) in [6.45, 7) is 6.90. The highest BCUT2D eigenvalue weighted by Gasteiger charge is 2.30. The van der Waals surface area contributed by atoms with Crippen molar-refractivity contribution in [3.8, 4) is 0 Å². The number of nitrogens with one attached hydrogen (secondary N) is 1. The van der Waals surface area contributed by atoms with Crippen molar-refractivity contribution in [2.45, 2.75) is 39.7 Å². The van der Waals surface area contributed by atoms with E-state index in [-0.39, 0.29) is 17.4 Å². The summed E-state index contributed by atoms with van der Waals surface area (Å²) in [5.41, 5.74) is -0.389. The van der Waals surface area contributed by atoms with Crippen molar-refractivity contribution < 1.29 is 19.5 Å². The Hall–Kier alpha value is -1.85. The molecule has 0 bridgehead atoms. The summed E-state index contributed by atoms with van der Waals surface area (Å²) >= 11 is 0. The topological polar surface area (TPSA) is 86.7 Å². The summed E-state index contributed by atoms with van der Waals surface area (Å²) in [6, 6.07) is -0.00929. The molecule has 0 radical (unpaired) electrons. The Morgan fingerprint density at radius 1 is 1.15 bits per heavy atom. The summed E-state index contributed by atoms with van der Waals surface area (Å²) in [5, 5.41) is 11.2. The van der Waals surface area contributed by atoms with Crippen molar-refractivity contribution in [3.63, 3.8) is 0 Å². The number of carboxylic acids is 1. The van der Waals surface area contributed by atoms with Crippen LogP contribution in [0.2, 0.25) is 0 Å². The smallest absolute Gasteiger partial charge is 0.328 e. The number of rotatable bonds is 3. The molecule has 1 fully saturated rings. The molecule has 0 aromatic heterocycles. The molecule has 6 heteroatoms. The van der Waals surface area contributed by atoms with Crippen molar-refractivity contribution in [3.05, 3.63) is 12.2 Å². The molecule has 1 aliphatic rings. The van der Waals surface area contributed by atoms with E-state index >= 15 is 0 Å². The van der Waals surface area contributed by atoms with E-state index in [9.17, 15) is 14.4 Å². The highest BCUT2D eigenvalue weighted by atomic mass is 16.4. The van der Waals surface area contributed by atoms with Gasteiger partial charge in [0.2, 0.25) is 11.8 Å². The molecule has 6 nitrogen and oxygen atoms in total. The van der Waals surface area contributed by atoms with Crippen molar-refractivity contribution >= 4 is 17.8 Å². The van der Waals surface area contributed by atoms with Gasteiger partial charge in [-0.15, -0.1) is 0 Å². The maximum Gasteiger partial charge on any atom is 0.328 e. The first-order valence-electron chi connectivity index (χ1n) is 6.71. The highest BCUT2D eigenvalue weighted by Crippen LogP contribution is 2.20. The van der Waals surface area contributed by atoms with Crippen LogP contribution in [0.3, 0.4) is 0 Å². The largest absolute Gasteiger partial charge is 0.478 e. The molecule has 2 amide bonds. The monoisotopic (exact) mass is 282 g/mol. The molecule has 112 valence electrons. The second kappa shape index (κ2) is 6.54. The average molecular weight is 282 g/mol. The van der Waals surface area contributed by atoms with Gasteiger partial charge < -0.3 is 15.3 Å². The van der Waals surface area contributed by atoms with Crippen LogP contribution >= 0.6 is 0 Å². The first-order valence-corrected chi connectivity index (χ1v) is 6.71. The van der Waals surface area contributed by atoms with Crippen molar-refractivity contribution in [2.75, 3.05) is 13.1 Å². The molecule has 2 N–H and O–H groups in total. The van der Waals surface area contributed by atoms with Crippen LogP contribution in [-0.2, 0) is 14.4 Å². The maximum atomic E-state index is 12.1. The minimum Gasteiger partial charge on any atom is -0.478 e. The number of hydrogen-bond acceptors (Lipinski definition) is 3. The Labute approximate surface area is 118 Å². The zero-order valence-electron chi connectivity index (χ0n) is 12.2. The van der Waals surface area contributed by atoms with Crippen LogP contribution < -0.4 is 5.32 Å². The Bertz CT molecular complexity index is 415. The third kappa shape index (κ3) is 5.03. The lowest BCUT2D eigenvalue weighted by molar-refractivity contribution is -0.140. The van der Waals surface area contributed by atoms with Gasteiger partial charge in [0.05, 0.1) is 0 Å². The van der Waals surface area contributed by atoms with Crippen LogP contribution in [-0.4, -0.2) is 46.9 Å². The van der Waals surface area contributed by atoms with Crippen LogP contribution in [0.15, 0.2) is 12.2 Å². The Morgan fingerprint density at radius 2 is 1.70 bits per heavy atom. The molecular weight excluding hydrogens is 260 g/mol. The highest BCUT2D eigenvalue weighted by molar-refractivity contribution is 5.94. The number of carboxylic acid groups (broad SMARTS) is 1. The number of carbonyl (C=O) groups excluding carboxylic acids is 2. The first-order chi connectivity index (χ1) is 9.20. The van der Waals surface area contributed by atoms with Crippen molar-refractivity contribution in [1.82, 2.24) is 10.2 Å². The second-order valence-corrected chi connectivity index (χ2v) is 6.00. The van der Waals surface area contributed by atoms with Gasteiger partial charge in [0, 0.05) is 36.7 Å². The summed E-state index contributed by atoms with van der Waals surface area (Å²) in [5.74, 6) is -1.44. The van der Waals surface area contributed by atoms with E-state index in [1.165, 1.54) is 0 Å². The van der Waals surface area contributed by atoms with E-state index < -0.39 is 11.9 Å². The number of amides is 2. The molecule has 1 heterocycles. The van der Waals surface area contributed by atoms with Gasteiger partial charge in [0.25, 0.3) is 0 Å². The summed E-state index contributed by atoms with van der Waals surface area (Å²) < 4.78 is 0. The van der Waals surface area contributed by atoms with Crippen LogP contribution in [0.5, 0.6) is 0 Å². The second-order valence-electron chi connectivity index (χ2n) is 6.00. The fourth-order valence-electron chi connectivity index (χ4n) is 2.10. The van der Waals surface area contributed by atoms with E-state index in [1.54, 1.807) is 0 Å². The molecule has 0 spiro atoms. The van der Waals surface area contributed by atoms with Gasteiger partial charge in [-0.25, -0.2) is 4.79 Å². The molecule has 0 aromatic carbocycles. The maximum absolute atomic E-state index is 12.1. The summed E-state index contributed by atoms with van der Waals surface area (Å²) in [4.78, 5) is 35.6. The molecule has 1 rings (SSSR count). The number of carbonyl (C=O) groups is 3. The number of nitrogens with zero attached hydrogens (tertiary/aromatic N) is 1. The predicted octanol–water partition coefficient (Wildman–Crippen LogP) is 0.781. The van der Waals surface area contributed by atoms with Gasteiger partial charge in [-0.2, -0.15) is 0 Å². The molecule has 0 atom stereocenters. The fraction of sp³-hybridized carbons (Fsp3) is 0.643. The van der Waals surface area contributed by atoms with Crippen LogP contribution in [0, 0.1) is 5.41 Å². The third-order valence-electron chi connectivity index (χ3n) is 3.15. The van der Waals surface area contributed by atoms with Crippen molar-refractivity contribution in [2.24, 2.45) is 5.41 Å². The fourth-order valence-corrected chi connectivity index (χ4v) is 2.10. The van der Waals surface area contributed by atoms with E-state index in [4.69, 9.17) is 5.11 Å². The van der Waals surface area contributed by atoms with Gasteiger partial charge in [0.15, 0.2) is 0 Å².